The molecule has 1 saturated heterocycles. The van der Waals surface area contributed by atoms with Crippen LogP contribution in [-0.2, 0) is 6.54 Å². The van der Waals surface area contributed by atoms with E-state index in [1.807, 2.05) is 67.6 Å². The minimum absolute atomic E-state index is 0.147. The number of methoxy groups -OCH3 is 1. The topological polar surface area (TPSA) is 50.5 Å². The summed E-state index contributed by atoms with van der Waals surface area (Å²) in [5.41, 5.74) is 4.10. The van der Waals surface area contributed by atoms with Crippen LogP contribution >= 0.6 is 23.8 Å². The van der Waals surface area contributed by atoms with Crippen LogP contribution in [0.3, 0.4) is 0 Å². The maximum Gasteiger partial charge on any atom is 0.170 e. The second-order valence-corrected chi connectivity index (χ2v) is 9.09. The second kappa shape index (κ2) is 9.49. The molecule has 1 N–H and O–H groups in total. The molecule has 1 fully saturated rings. The maximum absolute atomic E-state index is 6.45. The monoisotopic (exact) mass is 489 g/mol. The summed E-state index contributed by atoms with van der Waals surface area (Å²) in [7, 11) is 1.66. The molecule has 0 amide bonds. The van der Waals surface area contributed by atoms with E-state index in [4.69, 9.17) is 33.0 Å². The highest BCUT2D eigenvalue weighted by molar-refractivity contribution is 7.80. The molecule has 172 valence electrons. The molecule has 2 aromatic heterocycles. The molecule has 0 saturated carbocycles. The maximum atomic E-state index is 6.45. The van der Waals surface area contributed by atoms with Crippen LogP contribution in [0.1, 0.15) is 34.7 Å². The first-order chi connectivity index (χ1) is 16.5. The lowest BCUT2D eigenvalue weighted by Crippen LogP contribution is -2.29. The summed E-state index contributed by atoms with van der Waals surface area (Å²) < 4.78 is 11.8. The molecule has 0 spiro atoms. The van der Waals surface area contributed by atoms with Crippen molar-refractivity contribution in [3.8, 4) is 17.1 Å². The van der Waals surface area contributed by atoms with Crippen LogP contribution in [0, 0.1) is 6.92 Å². The Balaban J connectivity index is 1.53. The molecule has 0 radical (unpaired) electrons. The number of hydrogen-bond acceptors (Lipinski definition) is 4. The molecule has 3 heterocycles. The molecule has 1 aliphatic heterocycles. The smallest absolute Gasteiger partial charge is 0.170 e. The van der Waals surface area contributed by atoms with Gasteiger partial charge in [-0.05, 0) is 78.8 Å². The van der Waals surface area contributed by atoms with Crippen molar-refractivity contribution in [2.45, 2.75) is 25.6 Å². The van der Waals surface area contributed by atoms with Gasteiger partial charge in [0.1, 0.15) is 23.3 Å². The number of halogens is 1. The number of aromatic nitrogens is 1. The minimum atomic E-state index is -0.169. The number of benzene rings is 2. The number of furan rings is 1. The largest absolute Gasteiger partial charge is 0.497 e. The molecule has 5 nitrogen and oxygen atoms in total. The SMILES string of the molecule is COc1ccc(CN2C(=S)N[C@H](c3ccccn3)[C@@H]2c2ccc(-c3cc(Cl)ccc3C)o2)cc1. The van der Waals surface area contributed by atoms with Gasteiger partial charge in [0, 0.05) is 23.3 Å². The third-order valence-corrected chi connectivity index (χ3v) is 6.68. The number of ether oxygens (including phenoxy) is 1. The van der Waals surface area contributed by atoms with Crippen molar-refractivity contribution in [3.05, 3.63) is 107 Å². The van der Waals surface area contributed by atoms with Gasteiger partial charge in [-0.25, -0.2) is 0 Å². The Hall–Kier alpha value is -3.35. The molecular weight excluding hydrogens is 466 g/mol. The normalized spacial score (nSPS) is 17.6. The van der Waals surface area contributed by atoms with Crippen molar-refractivity contribution in [1.82, 2.24) is 15.2 Å². The summed E-state index contributed by atoms with van der Waals surface area (Å²) in [5, 5.41) is 4.81. The van der Waals surface area contributed by atoms with Crippen LogP contribution in [0.5, 0.6) is 5.75 Å². The van der Waals surface area contributed by atoms with Gasteiger partial charge < -0.3 is 19.4 Å². The highest BCUT2D eigenvalue weighted by atomic mass is 35.5. The Labute approximate surface area is 209 Å². The fraction of sp³-hybridized carbons (Fsp3) is 0.185. The van der Waals surface area contributed by atoms with E-state index in [1.54, 1.807) is 13.3 Å². The van der Waals surface area contributed by atoms with Crippen molar-refractivity contribution < 1.29 is 9.15 Å². The van der Waals surface area contributed by atoms with Gasteiger partial charge >= 0.3 is 0 Å². The Kier molecular flexibility index (Phi) is 6.26. The summed E-state index contributed by atoms with van der Waals surface area (Å²) in [6.07, 6.45) is 1.80. The Morgan fingerprint density at radius 3 is 2.65 bits per heavy atom. The molecule has 4 aromatic rings. The highest BCUT2D eigenvalue weighted by Crippen LogP contribution is 2.41. The zero-order chi connectivity index (χ0) is 23.7. The van der Waals surface area contributed by atoms with Gasteiger partial charge in [-0.3, -0.25) is 4.98 Å². The summed E-state index contributed by atoms with van der Waals surface area (Å²) in [6, 6.07) is 23.4. The first-order valence-electron chi connectivity index (χ1n) is 11.0. The average Bonchev–Trinajstić information content (AvgIpc) is 3.46. The number of rotatable bonds is 6. The van der Waals surface area contributed by atoms with E-state index in [2.05, 4.69) is 27.3 Å². The van der Waals surface area contributed by atoms with Gasteiger partial charge in [0.2, 0.25) is 0 Å². The fourth-order valence-corrected chi connectivity index (χ4v) is 4.81. The summed E-state index contributed by atoms with van der Waals surface area (Å²) >= 11 is 12.0. The molecule has 2 atom stereocenters. The summed E-state index contributed by atoms with van der Waals surface area (Å²) in [6.45, 7) is 2.67. The van der Waals surface area contributed by atoms with E-state index in [9.17, 15) is 0 Å². The van der Waals surface area contributed by atoms with E-state index >= 15 is 0 Å². The number of thiocarbonyl (C=S) groups is 1. The molecular formula is C27H24ClN3O2S. The third kappa shape index (κ3) is 4.39. The number of nitrogens with one attached hydrogen (secondary N) is 1. The molecule has 7 heteroatoms. The van der Waals surface area contributed by atoms with Gasteiger partial charge in [-0.1, -0.05) is 35.9 Å². The van der Waals surface area contributed by atoms with E-state index in [0.717, 1.165) is 39.7 Å². The number of pyridine rings is 1. The van der Waals surface area contributed by atoms with Crippen LogP contribution in [-0.4, -0.2) is 22.1 Å². The molecule has 5 rings (SSSR count). The zero-order valence-corrected chi connectivity index (χ0v) is 20.4. The van der Waals surface area contributed by atoms with Crippen LogP contribution < -0.4 is 10.1 Å². The van der Waals surface area contributed by atoms with Gasteiger partial charge in [-0.15, -0.1) is 0 Å². The molecule has 1 aliphatic rings. The van der Waals surface area contributed by atoms with E-state index in [0.29, 0.717) is 16.7 Å². The van der Waals surface area contributed by atoms with Crippen LogP contribution in [0.25, 0.3) is 11.3 Å². The molecule has 34 heavy (non-hydrogen) atoms. The Bertz CT molecular complexity index is 1310. The molecule has 0 unspecified atom stereocenters. The first kappa shape index (κ1) is 22.4. The number of hydrogen-bond donors (Lipinski definition) is 1. The molecule has 2 aromatic carbocycles. The minimum Gasteiger partial charge on any atom is -0.497 e. The fourth-order valence-electron chi connectivity index (χ4n) is 4.33. The number of aryl methyl sites for hydroxylation is 1. The van der Waals surface area contributed by atoms with Crippen molar-refractivity contribution in [2.75, 3.05) is 7.11 Å². The summed E-state index contributed by atoms with van der Waals surface area (Å²) in [5.74, 6) is 2.41. The van der Waals surface area contributed by atoms with Crippen molar-refractivity contribution in [2.24, 2.45) is 0 Å². The predicted octanol–water partition coefficient (Wildman–Crippen LogP) is 6.48. The van der Waals surface area contributed by atoms with E-state index in [-0.39, 0.29) is 12.1 Å². The average molecular weight is 490 g/mol. The van der Waals surface area contributed by atoms with Gasteiger partial charge in [0.05, 0.1) is 18.8 Å². The predicted molar refractivity (Wildman–Crippen MR) is 138 cm³/mol. The van der Waals surface area contributed by atoms with E-state index in [1.165, 1.54) is 0 Å². The summed E-state index contributed by atoms with van der Waals surface area (Å²) in [4.78, 5) is 6.76. The molecule has 0 bridgehead atoms. The highest BCUT2D eigenvalue weighted by Gasteiger charge is 2.41. The van der Waals surface area contributed by atoms with Crippen LogP contribution in [0.15, 0.2) is 83.4 Å². The molecule has 0 aliphatic carbocycles. The first-order valence-corrected chi connectivity index (χ1v) is 11.8. The lowest BCUT2D eigenvalue weighted by Gasteiger charge is -2.26. The number of nitrogens with zero attached hydrogens (tertiary/aromatic N) is 2. The van der Waals surface area contributed by atoms with Crippen molar-refractivity contribution >= 4 is 28.9 Å². The van der Waals surface area contributed by atoms with Gasteiger partial charge in [0.25, 0.3) is 0 Å². The van der Waals surface area contributed by atoms with E-state index < -0.39 is 0 Å². The quantitative estimate of drug-likeness (QED) is 0.312. The van der Waals surface area contributed by atoms with Crippen molar-refractivity contribution in [1.29, 1.82) is 0 Å². The zero-order valence-electron chi connectivity index (χ0n) is 18.9. The van der Waals surface area contributed by atoms with Gasteiger partial charge in [-0.2, -0.15) is 0 Å². The van der Waals surface area contributed by atoms with Crippen LogP contribution in [0.4, 0.5) is 0 Å². The Morgan fingerprint density at radius 2 is 1.91 bits per heavy atom. The lowest BCUT2D eigenvalue weighted by molar-refractivity contribution is 0.269. The standard InChI is InChI=1S/C27H24ClN3O2S/c1-17-6-9-19(28)15-21(17)23-12-13-24(33-23)26-25(22-5-3-4-14-29-22)30-27(34)31(26)16-18-7-10-20(32-2)11-8-18/h3-15,25-26H,16H2,1-2H3,(H,30,34)/t25-,26+/m1/s1. The Morgan fingerprint density at radius 1 is 1.09 bits per heavy atom. The second-order valence-electron chi connectivity index (χ2n) is 8.26. The van der Waals surface area contributed by atoms with Gasteiger partial charge in [0.15, 0.2) is 5.11 Å². The lowest BCUT2D eigenvalue weighted by atomic mass is 10.0. The van der Waals surface area contributed by atoms with Crippen molar-refractivity contribution in [3.63, 3.8) is 0 Å². The third-order valence-electron chi connectivity index (χ3n) is 6.09. The van der Waals surface area contributed by atoms with Crippen LogP contribution in [0.2, 0.25) is 5.02 Å².